The lowest BCUT2D eigenvalue weighted by Gasteiger charge is -2.23. The van der Waals surface area contributed by atoms with Crippen molar-refractivity contribution in [2.75, 3.05) is 19.7 Å². The van der Waals surface area contributed by atoms with Crippen molar-refractivity contribution in [2.45, 2.75) is 83.9 Å². The molecule has 256 valence electrons. The summed E-state index contributed by atoms with van der Waals surface area (Å²) in [6.45, 7) is 12.6. The van der Waals surface area contributed by atoms with E-state index in [1.807, 2.05) is 6.92 Å². The molecule has 0 bridgehead atoms. The second-order valence-corrected chi connectivity index (χ2v) is 13.9. The number of aryl methyl sites for hydroxylation is 1. The second-order valence-electron chi connectivity index (χ2n) is 12.2. The fourth-order valence-electron chi connectivity index (χ4n) is 3.62. The number of benzene rings is 2. The van der Waals surface area contributed by atoms with E-state index in [-0.39, 0.29) is 36.8 Å². The molecule has 0 radical (unpaired) electrons. The van der Waals surface area contributed by atoms with E-state index >= 15 is 0 Å². The quantitative estimate of drug-likeness (QED) is 0.107. The fourth-order valence-corrected chi connectivity index (χ4v) is 4.57. The number of hydrogen-bond acceptors (Lipinski definition) is 8. The molecule has 0 aliphatic carbocycles. The Hall–Kier alpha value is -4.17. The van der Waals surface area contributed by atoms with E-state index < -0.39 is 52.2 Å². The Morgan fingerprint density at radius 2 is 1.57 bits per heavy atom. The van der Waals surface area contributed by atoms with Gasteiger partial charge in [0.1, 0.15) is 11.6 Å². The van der Waals surface area contributed by atoms with Gasteiger partial charge in [-0.25, -0.2) is 17.9 Å². The third-order valence-corrected chi connectivity index (χ3v) is 7.02. The largest absolute Gasteiger partial charge is 0.444 e. The third kappa shape index (κ3) is 16.8. The number of nitrogens with one attached hydrogen (secondary N) is 4. The van der Waals surface area contributed by atoms with Crippen molar-refractivity contribution in [1.82, 2.24) is 20.7 Å². The van der Waals surface area contributed by atoms with Gasteiger partial charge in [0.05, 0.1) is 24.1 Å². The molecule has 0 unspecified atom stereocenters. The first kappa shape index (κ1) is 39.9. The third-order valence-electron chi connectivity index (χ3n) is 5.65. The lowest BCUT2D eigenvalue weighted by Crippen LogP contribution is -2.50. The molecule has 0 aliphatic rings. The average molecular weight is 663 g/mol. The van der Waals surface area contributed by atoms with E-state index in [9.17, 15) is 27.9 Å². The van der Waals surface area contributed by atoms with Crippen LogP contribution in [0.25, 0.3) is 0 Å². The highest BCUT2D eigenvalue weighted by Crippen LogP contribution is 2.12. The number of sulfonamides is 1. The molecular weight excluding hydrogens is 612 g/mol. The lowest BCUT2D eigenvalue weighted by atomic mass is 10.1. The average Bonchev–Trinajstić information content (AvgIpc) is 2.95. The van der Waals surface area contributed by atoms with Crippen molar-refractivity contribution >= 4 is 33.9 Å². The molecule has 2 atom stereocenters. The van der Waals surface area contributed by atoms with Gasteiger partial charge in [-0.1, -0.05) is 68.8 Å². The number of carbonyl (C=O) groups excluding carboxylic acids is 3. The summed E-state index contributed by atoms with van der Waals surface area (Å²) in [6, 6.07) is 13.3. The Morgan fingerprint density at radius 1 is 0.978 bits per heavy atom. The zero-order valence-corrected chi connectivity index (χ0v) is 28.6. The summed E-state index contributed by atoms with van der Waals surface area (Å²) in [7, 11) is -3.92. The highest BCUT2D eigenvalue weighted by atomic mass is 32.2. The first-order chi connectivity index (χ1) is 21.4. The highest BCUT2D eigenvalue weighted by Gasteiger charge is 2.25. The van der Waals surface area contributed by atoms with Crippen molar-refractivity contribution in [3.63, 3.8) is 0 Å². The number of aliphatic hydroxyl groups is 1. The second kappa shape index (κ2) is 19.4. The van der Waals surface area contributed by atoms with Crippen molar-refractivity contribution in [3.05, 3.63) is 65.7 Å². The number of guanidine groups is 1. The smallest absolute Gasteiger partial charge is 0.408 e. The summed E-state index contributed by atoms with van der Waals surface area (Å²) in [5.74, 6) is -0.681. The number of hydrogen-bond donors (Lipinski definition) is 6. The number of carbonyl (C=O) groups is 3. The number of aliphatic hydroxyl groups excluding tert-OH is 1. The van der Waals surface area contributed by atoms with E-state index in [1.165, 1.54) is 12.1 Å². The van der Waals surface area contributed by atoms with Crippen molar-refractivity contribution in [2.24, 2.45) is 16.6 Å². The monoisotopic (exact) mass is 662 g/mol. The van der Waals surface area contributed by atoms with Crippen LogP contribution in [0, 0.1) is 12.8 Å². The topological polar surface area (TPSA) is 201 Å². The Kier molecular flexibility index (Phi) is 16.8. The van der Waals surface area contributed by atoms with Gasteiger partial charge in [-0.05, 0) is 64.2 Å². The van der Waals surface area contributed by atoms with Gasteiger partial charge >= 0.3 is 6.09 Å². The van der Waals surface area contributed by atoms with Crippen LogP contribution in [0.5, 0.6) is 0 Å². The summed E-state index contributed by atoms with van der Waals surface area (Å²) in [5.41, 5.74) is 6.54. The highest BCUT2D eigenvalue weighted by molar-refractivity contribution is 7.90. The summed E-state index contributed by atoms with van der Waals surface area (Å²) < 4.78 is 32.4. The van der Waals surface area contributed by atoms with Gasteiger partial charge in [0.25, 0.3) is 10.0 Å². The first-order valence-corrected chi connectivity index (χ1v) is 16.5. The number of ether oxygens (including phenoxy) is 1. The fraction of sp³-hybridized carbons (Fsp3) is 0.500. The van der Waals surface area contributed by atoms with Gasteiger partial charge < -0.3 is 31.5 Å². The molecule has 46 heavy (non-hydrogen) atoms. The molecule has 13 nitrogen and oxygen atoms in total. The van der Waals surface area contributed by atoms with Crippen LogP contribution < -0.4 is 26.4 Å². The summed E-state index contributed by atoms with van der Waals surface area (Å²) in [6.07, 6.45) is -0.518. The minimum absolute atomic E-state index is 0.0302. The number of aliphatic imine (C=N–C) groups is 1. The number of amides is 3. The number of rotatable bonds is 13. The van der Waals surface area contributed by atoms with Crippen LogP contribution in [0.1, 0.15) is 71.6 Å². The van der Waals surface area contributed by atoms with Crippen LogP contribution in [0.4, 0.5) is 4.79 Å². The van der Waals surface area contributed by atoms with E-state index in [0.29, 0.717) is 5.56 Å². The maximum Gasteiger partial charge on any atom is 0.408 e. The standard InChI is InChI=1S/C28H40N6O7S.C4H10/c1-19-12-14-21(15-13-19)42(39,40)34-26(29)30-16-8-11-22(33-27(38)41-28(2,3)4)25(37)31-17-24(36)32-23(18-35)20-9-6-5-7-10-20;1-4(2)3/h5-7,9-10,12-15,22-23,35H,8,11,16-18H2,1-4H3,(H,31,37)(H,32,36)(H,33,38)(H3,29,30,34);4H,1-3H3/t22-,23+;/m0./s1. The molecule has 0 spiro atoms. The molecule has 0 heterocycles. The minimum atomic E-state index is -3.92. The van der Waals surface area contributed by atoms with Crippen molar-refractivity contribution in [3.8, 4) is 0 Å². The molecule has 0 aromatic heterocycles. The van der Waals surface area contributed by atoms with Crippen LogP contribution in [-0.2, 0) is 24.3 Å². The van der Waals surface area contributed by atoms with Crippen LogP contribution in [0.15, 0.2) is 64.5 Å². The van der Waals surface area contributed by atoms with Gasteiger partial charge in [-0.15, -0.1) is 0 Å². The van der Waals surface area contributed by atoms with Crippen LogP contribution in [0.3, 0.4) is 0 Å². The van der Waals surface area contributed by atoms with Gasteiger partial charge in [0.15, 0.2) is 0 Å². The van der Waals surface area contributed by atoms with E-state index in [1.54, 1.807) is 63.2 Å². The zero-order chi connectivity index (χ0) is 34.9. The van der Waals surface area contributed by atoms with Gasteiger partial charge in [-0.2, -0.15) is 0 Å². The maximum absolute atomic E-state index is 12.9. The van der Waals surface area contributed by atoms with Gasteiger partial charge in [0.2, 0.25) is 17.8 Å². The molecule has 7 N–H and O–H groups in total. The Bertz CT molecular complexity index is 1370. The predicted octanol–water partition coefficient (Wildman–Crippen LogP) is 2.89. The Labute approximate surface area is 272 Å². The molecule has 3 amide bonds. The molecule has 0 saturated heterocycles. The summed E-state index contributed by atoms with van der Waals surface area (Å²) in [5, 5.41) is 17.3. The normalized spacial score (nSPS) is 13.0. The predicted molar refractivity (Wildman–Crippen MR) is 178 cm³/mol. The van der Waals surface area contributed by atoms with Crippen molar-refractivity contribution < 1.29 is 32.6 Å². The minimum Gasteiger partial charge on any atom is -0.444 e. The number of alkyl carbamates (subject to hydrolysis) is 1. The zero-order valence-electron chi connectivity index (χ0n) is 27.8. The maximum atomic E-state index is 12.9. The molecule has 2 aromatic rings. The molecular formula is C32H50N6O7S. The van der Waals surface area contributed by atoms with Gasteiger partial charge in [0, 0.05) is 6.54 Å². The van der Waals surface area contributed by atoms with Crippen LogP contribution >= 0.6 is 0 Å². The SMILES string of the molecule is CC(C)C.Cc1ccc(S(=O)(=O)NC(N)=NCCC[C@H](NC(=O)OC(C)(C)C)C(=O)NCC(=O)N[C@H](CO)c2ccccc2)cc1. The van der Waals surface area contributed by atoms with Crippen molar-refractivity contribution in [1.29, 1.82) is 0 Å². The Balaban J connectivity index is 0.00000249. The molecule has 14 heteroatoms. The number of nitrogens with two attached hydrogens (primary N) is 1. The molecule has 0 fully saturated rings. The van der Waals surface area contributed by atoms with Crippen LogP contribution in [0.2, 0.25) is 0 Å². The molecule has 2 aromatic carbocycles. The first-order valence-electron chi connectivity index (χ1n) is 15.0. The van der Waals surface area contributed by atoms with Crippen LogP contribution in [-0.4, -0.2) is 68.7 Å². The Morgan fingerprint density at radius 3 is 2.11 bits per heavy atom. The summed E-state index contributed by atoms with van der Waals surface area (Å²) in [4.78, 5) is 41.8. The molecule has 0 saturated carbocycles. The summed E-state index contributed by atoms with van der Waals surface area (Å²) >= 11 is 0. The number of nitrogens with zero attached hydrogens (tertiary/aromatic N) is 1. The van der Waals surface area contributed by atoms with E-state index in [2.05, 4.69) is 46.4 Å². The molecule has 0 aliphatic heterocycles. The lowest BCUT2D eigenvalue weighted by molar-refractivity contribution is -0.127. The molecule has 2 rings (SSSR count). The van der Waals surface area contributed by atoms with E-state index in [4.69, 9.17) is 10.5 Å². The van der Waals surface area contributed by atoms with E-state index in [0.717, 1.165) is 11.5 Å². The van der Waals surface area contributed by atoms with Gasteiger partial charge in [-0.3, -0.25) is 14.6 Å².